The van der Waals surface area contributed by atoms with Crippen LogP contribution in [0, 0.1) is 13.8 Å². The molecule has 1 aromatic carbocycles. The summed E-state index contributed by atoms with van der Waals surface area (Å²) in [6.07, 6.45) is 1.79. The molecule has 24 heavy (non-hydrogen) atoms. The molecule has 0 unspecified atom stereocenters. The van der Waals surface area contributed by atoms with Gasteiger partial charge in [-0.2, -0.15) is 0 Å². The molecule has 0 aliphatic carbocycles. The summed E-state index contributed by atoms with van der Waals surface area (Å²) < 4.78 is 0. The van der Waals surface area contributed by atoms with Gasteiger partial charge in [-0.25, -0.2) is 9.97 Å². The zero-order chi connectivity index (χ0) is 16.8. The van der Waals surface area contributed by atoms with E-state index in [1.165, 1.54) is 11.1 Å². The maximum Gasteiger partial charge on any atom is 0.132 e. The average molecular weight is 319 g/mol. The van der Waals surface area contributed by atoms with Gasteiger partial charge in [0.15, 0.2) is 0 Å². The Morgan fingerprint density at radius 2 is 1.62 bits per heavy atom. The van der Waals surface area contributed by atoms with E-state index >= 15 is 0 Å². The van der Waals surface area contributed by atoms with Crippen molar-refractivity contribution in [2.24, 2.45) is 0 Å². The van der Waals surface area contributed by atoms with Crippen LogP contribution in [-0.4, -0.2) is 15.0 Å². The lowest BCUT2D eigenvalue weighted by atomic mass is 10.1. The molecule has 0 saturated carbocycles. The van der Waals surface area contributed by atoms with E-state index in [9.17, 15) is 0 Å². The quantitative estimate of drug-likeness (QED) is 0.725. The molecule has 0 aliphatic heterocycles. The van der Waals surface area contributed by atoms with Crippen molar-refractivity contribution >= 4 is 11.6 Å². The number of hydrogen-bond donors (Lipinski definition) is 2. The minimum absolute atomic E-state index is 0.634. The van der Waals surface area contributed by atoms with Gasteiger partial charge in [-0.15, -0.1) is 0 Å². The van der Waals surface area contributed by atoms with E-state index in [-0.39, 0.29) is 0 Å². The molecule has 2 N–H and O–H groups in total. The Bertz CT molecular complexity index is 802. The van der Waals surface area contributed by atoms with Crippen LogP contribution in [0.15, 0.2) is 54.7 Å². The van der Waals surface area contributed by atoms with Gasteiger partial charge in [0.2, 0.25) is 0 Å². The van der Waals surface area contributed by atoms with E-state index < -0.39 is 0 Å². The predicted octanol–water partition coefficient (Wildman–Crippen LogP) is 3.71. The van der Waals surface area contributed by atoms with Crippen LogP contribution in [0.1, 0.15) is 22.6 Å². The molecule has 0 bridgehead atoms. The van der Waals surface area contributed by atoms with Crippen molar-refractivity contribution in [1.82, 2.24) is 15.0 Å². The van der Waals surface area contributed by atoms with Crippen molar-refractivity contribution in [2.75, 3.05) is 10.6 Å². The molecular weight excluding hydrogens is 298 g/mol. The second kappa shape index (κ2) is 7.55. The highest BCUT2D eigenvalue weighted by Gasteiger charge is 2.03. The number of aromatic nitrogens is 3. The summed E-state index contributed by atoms with van der Waals surface area (Å²) in [5, 5.41) is 6.66. The topological polar surface area (TPSA) is 62.7 Å². The van der Waals surface area contributed by atoms with Crippen molar-refractivity contribution in [1.29, 1.82) is 0 Å². The van der Waals surface area contributed by atoms with Crippen molar-refractivity contribution < 1.29 is 0 Å². The smallest absolute Gasteiger partial charge is 0.132 e. The second-order valence-electron chi connectivity index (χ2n) is 5.70. The molecule has 2 heterocycles. The summed E-state index contributed by atoms with van der Waals surface area (Å²) in [5.74, 6) is 2.33. The Kier molecular flexibility index (Phi) is 5.01. The van der Waals surface area contributed by atoms with Crippen LogP contribution in [0.2, 0.25) is 0 Å². The van der Waals surface area contributed by atoms with Crippen LogP contribution < -0.4 is 10.6 Å². The molecule has 0 saturated heterocycles. The van der Waals surface area contributed by atoms with Gasteiger partial charge < -0.3 is 10.6 Å². The van der Waals surface area contributed by atoms with Crippen molar-refractivity contribution in [3.63, 3.8) is 0 Å². The molecule has 5 nitrogen and oxygen atoms in total. The maximum absolute atomic E-state index is 4.45. The number of rotatable bonds is 6. The van der Waals surface area contributed by atoms with Crippen molar-refractivity contribution in [3.8, 4) is 0 Å². The average Bonchev–Trinajstić information content (AvgIpc) is 2.59. The first kappa shape index (κ1) is 15.9. The zero-order valence-corrected chi connectivity index (χ0v) is 14.0. The van der Waals surface area contributed by atoms with Crippen molar-refractivity contribution in [2.45, 2.75) is 26.9 Å². The normalized spacial score (nSPS) is 10.4. The summed E-state index contributed by atoms with van der Waals surface area (Å²) >= 11 is 0. The van der Waals surface area contributed by atoms with E-state index in [0.717, 1.165) is 29.7 Å². The monoisotopic (exact) mass is 319 g/mol. The third-order valence-corrected chi connectivity index (χ3v) is 3.57. The molecule has 3 rings (SSSR count). The molecule has 0 radical (unpaired) electrons. The third-order valence-electron chi connectivity index (χ3n) is 3.57. The predicted molar refractivity (Wildman–Crippen MR) is 96.8 cm³/mol. The van der Waals surface area contributed by atoms with Gasteiger partial charge in [0.1, 0.15) is 17.5 Å². The Morgan fingerprint density at radius 3 is 2.33 bits per heavy atom. The van der Waals surface area contributed by atoms with Crippen LogP contribution in [-0.2, 0) is 13.1 Å². The van der Waals surface area contributed by atoms with Crippen LogP contribution in [0.3, 0.4) is 0 Å². The zero-order valence-electron chi connectivity index (χ0n) is 14.0. The van der Waals surface area contributed by atoms with Gasteiger partial charge in [-0.05, 0) is 31.5 Å². The molecule has 0 fully saturated rings. The number of anilines is 2. The Balaban J connectivity index is 1.65. The van der Waals surface area contributed by atoms with Gasteiger partial charge in [-0.1, -0.05) is 35.9 Å². The number of hydrogen-bond acceptors (Lipinski definition) is 5. The molecule has 0 aliphatic rings. The fourth-order valence-corrected chi connectivity index (χ4v) is 2.45. The minimum atomic E-state index is 0.634. The first-order valence-corrected chi connectivity index (χ1v) is 7.98. The largest absolute Gasteiger partial charge is 0.366 e. The number of benzene rings is 1. The Hall–Kier alpha value is -2.95. The summed E-state index contributed by atoms with van der Waals surface area (Å²) in [5.41, 5.74) is 3.46. The maximum atomic E-state index is 4.45. The Labute approximate surface area is 142 Å². The lowest BCUT2D eigenvalue weighted by Crippen LogP contribution is -2.07. The van der Waals surface area contributed by atoms with Gasteiger partial charge in [-0.3, -0.25) is 4.98 Å². The van der Waals surface area contributed by atoms with Crippen LogP contribution in [0.5, 0.6) is 0 Å². The molecular formula is C19H21N5. The second-order valence-corrected chi connectivity index (χ2v) is 5.70. The standard InChI is InChI=1S/C19H21N5/c1-14-6-5-7-16(10-14)12-21-18-11-19(24-15(2)23-18)22-13-17-8-3-4-9-20-17/h3-11H,12-13H2,1-2H3,(H2,21,22,23,24). The molecule has 0 atom stereocenters. The SMILES string of the molecule is Cc1cccc(CNc2cc(NCc3ccccn3)nc(C)n2)c1. The number of pyridine rings is 1. The number of nitrogens with one attached hydrogen (secondary N) is 2. The lowest BCUT2D eigenvalue weighted by Gasteiger charge is -2.10. The minimum Gasteiger partial charge on any atom is -0.366 e. The highest BCUT2D eigenvalue weighted by Crippen LogP contribution is 2.14. The number of aryl methyl sites for hydroxylation is 2. The summed E-state index contributed by atoms with van der Waals surface area (Å²) in [6, 6.07) is 16.2. The van der Waals surface area contributed by atoms with Crippen LogP contribution in [0.4, 0.5) is 11.6 Å². The summed E-state index contributed by atoms with van der Waals surface area (Å²) in [4.78, 5) is 13.2. The Morgan fingerprint density at radius 1 is 0.833 bits per heavy atom. The lowest BCUT2D eigenvalue weighted by molar-refractivity contribution is 0.985. The first-order chi connectivity index (χ1) is 11.7. The highest BCUT2D eigenvalue weighted by molar-refractivity contribution is 5.48. The van der Waals surface area contributed by atoms with Crippen molar-refractivity contribution in [3.05, 3.63) is 77.4 Å². The molecule has 5 heteroatoms. The molecule has 2 aromatic heterocycles. The first-order valence-electron chi connectivity index (χ1n) is 7.98. The molecule has 3 aromatic rings. The molecule has 0 spiro atoms. The van der Waals surface area contributed by atoms with E-state index in [1.807, 2.05) is 31.2 Å². The molecule has 0 amide bonds. The third kappa shape index (κ3) is 4.52. The fourth-order valence-electron chi connectivity index (χ4n) is 2.45. The van der Waals surface area contributed by atoms with Gasteiger partial charge >= 0.3 is 0 Å². The van der Waals surface area contributed by atoms with Gasteiger partial charge in [0.05, 0.1) is 12.2 Å². The summed E-state index contributed by atoms with van der Waals surface area (Å²) in [7, 11) is 0. The number of nitrogens with zero attached hydrogens (tertiary/aromatic N) is 3. The van der Waals surface area contributed by atoms with Crippen LogP contribution >= 0.6 is 0 Å². The van der Waals surface area contributed by atoms with Gasteiger partial charge in [0, 0.05) is 18.8 Å². The van der Waals surface area contributed by atoms with Gasteiger partial charge in [0.25, 0.3) is 0 Å². The summed E-state index contributed by atoms with van der Waals surface area (Å²) in [6.45, 7) is 5.36. The molecule has 122 valence electrons. The van der Waals surface area contributed by atoms with E-state index in [1.54, 1.807) is 6.20 Å². The van der Waals surface area contributed by atoms with E-state index in [4.69, 9.17) is 0 Å². The van der Waals surface area contributed by atoms with E-state index in [0.29, 0.717) is 6.54 Å². The van der Waals surface area contributed by atoms with E-state index in [2.05, 4.69) is 56.8 Å². The van der Waals surface area contributed by atoms with Crippen LogP contribution in [0.25, 0.3) is 0 Å². The fraction of sp³-hybridized carbons (Fsp3) is 0.211. The highest BCUT2D eigenvalue weighted by atomic mass is 15.1.